The van der Waals surface area contributed by atoms with Gasteiger partial charge in [-0.1, -0.05) is 17.7 Å². The molecule has 2 aromatic carbocycles. The predicted octanol–water partition coefficient (Wildman–Crippen LogP) is 3.57. The van der Waals surface area contributed by atoms with E-state index < -0.39 is 34.6 Å². The Morgan fingerprint density at radius 3 is 2.29 bits per heavy atom. The van der Waals surface area contributed by atoms with Crippen molar-refractivity contribution in [3.8, 4) is 0 Å². The van der Waals surface area contributed by atoms with Gasteiger partial charge in [0.15, 0.2) is 0 Å². The quantitative estimate of drug-likeness (QED) is 0.567. The molecule has 2 rings (SSSR count). The van der Waals surface area contributed by atoms with Gasteiger partial charge in [0.1, 0.15) is 6.54 Å². The molecule has 0 atom stereocenters. The van der Waals surface area contributed by atoms with Crippen molar-refractivity contribution in [2.75, 3.05) is 11.3 Å². The minimum atomic E-state index is -4.61. The number of hydrogen-bond donors (Lipinski definition) is 3. The van der Waals surface area contributed by atoms with Crippen LogP contribution in [0.5, 0.6) is 0 Å². The topological polar surface area (TPSA) is 104 Å². The molecular weight excluding hydrogens is 459 g/mol. The summed E-state index contributed by atoms with van der Waals surface area (Å²) in [6, 6.07) is 8.34. The molecule has 0 fully saturated rings. The maximum absolute atomic E-state index is 12.7. The lowest BCUT2D eigenvalue weighted by Gasteiger charge is -2.13. The number of rotatable bonds is 7. The summed E-state index contributed by atoms with van der Waals surface area (Å²) in [5.74, 6) is -1.52. The zero-order valence-corrected chi connectivity index (χ0v) is 18.0. The van der Waals surface area contributed by atoms with Gasteiger partial charge in [-0.15, -0.1) is 0 Å². The third kappa shape index (κ3) is 7.14. The van der Waals surface area contributed by atoms with Gasteiger partial charge in [0, 0.05) is 17.2 Å². The van der Waals surface area contributed by atoms with Crippen molar-refractivity contribution in [3.63, 3.8) is 0 Å². The molecule has 0 radical (unpaired) electrons. The van der Waals surface area contributed by atoms with E-state index in [1.165, 1.54) is 30.3 Å². The van der Waals surface area contributed by atoms with Gasteiger partial charge in [-0.2, -0.15) is 13.2 Å². The van der Waals surface area contributed by atoms with Crippen LogP contribution in [-0.4, -0.2) is 39.0 Å². The highest BCUT2D eigenvalue weighted by molar-refractivity contribution is 7.92. The molecule has 0 spiro atoms. The fraction of sp³-hybridized carbons (Fsp3) is 0.263. The Kier molecular flexibility index (Phi) is 7.55. The minimum Gasteiger partial charge on any atom is -0.350 e. The van der Waals surface area contributed by atoms with E-state index in [0.29, 0.717) is 0 Å². The third-order valence-electron chi connectivity index (χ3n) is 3.75. The largest absolute Gasteiger partial charge is 0.405 e. The van der Waals surface area contributed by atoms with Crippen LogP contribution in [0.25, 0.3) is 0 Å². The number of nitrogens with one attached hydrogen (secondary N) is 3. The molecule has 0 saturated heterocycles. The van der Waals surface area contributed by atoms with Crippen LogP contribution >= 0.6 is 11.6 Å². The minimum absolute atomic E-state index is 0.0174. The second kappa shape index (κ2) is 9.56. The molecule has 0 aliphatic rings. The standard InChI is InChI=1S/C19H19ClF3N3O4S/c1-11(2)25-18(28)13-6-7-15(20)16(9-13)26-31(29,30)14-5-3-4-12(8-14)17(27)24-10-19(21,22)23/h3-9,11,26H,10H2,1-2H3,(H,24,27)(H,25,28). The summed E-state index contributed by atoms with van der Waals surface area (Å²) in [4.78, 5) is 23.7. The van der Waals surface area contributed by atoms with Gasteiger partial charge in [-0.3, -0.25) is 14.3 Å². The number of amides is 2. The number of anilines is 1. The first-order chi connectivity index (χ1) is 14.3. The first-order valence-corrected chi connectivity index (χ1v) is 10.7. The molecule has 0 unspecified atom stereocenters. The van der Waals surface area contributed by atoms with Crippen LogP contribution in [-0.2, 0) is 10.0 Å². The van der Waals surface area contributed by atoms with Gasteiger partial charge in [0.25, 0.3) is 21.8 Å². The average molecular weight is 478 g/mol. The summed E-state index contributed by atoms with van der Waals surface area (Å²) in [5, 5.41) is 4.34. The molecule has 0 bridgehead atoms. The van der Waals surface area contributed by atoms with E-state index in [4.69, 9.17) is 11.6 Å². The highest BCUT2D eigenvalue weighted by atomic mass is 35.5. The number of hydrogen-bond acceptors (Lipinski definition) is 4. The highest BCUT2D eigenvalue weighted by Crippen LogP contribution is 2.26. The van der Waals surface area contributed by atoms with E-state index in [2.05, 4.69) is 10.0 Å². The SMILES string of the molecule is CC(C)NC(=O)c1ccc(Cl)c(NS(=O)(=O)c2cccc(C(=O)NCC(F)(F)F)c2)c1. The van der Waals surface area contributed by atoms with Crippen molar-refractivity contribution in [2.45, 2.75) is 31.0 Å². The Morgan fingerprint density at radius 2 is 1.68 bits per heavy atom. The molecule has 0 aliphatic carbocycles. The van der Waals surface area contributed by atoms with Crippen LogP contribution in [0.1, 0.15) is 34.6 Å². The molecule has 2 aromatic rings. The molecule has 0 aromatic heterocycles. The maximum Gasteiger partial charge on any atom is 0.405 e. The Bertz CT molecular complexity index is 1090. The van der Waals surface area contributed by atoms with Gasteiger partial charge < -0.3 is 10.6 Å². The molecule has 2 amide bonds. The fourth-order valence-electron chi connectivity index (χ4n) is 2.38. The molecule has 0 saturated carbocycles. The van der Waals surface area contributed by atoms with E-state index in [1.807, 2.05) is 0 Å². The van der Waals surface area contributed by atoms with Crippen molar-refractivity contribution < 1.29 is 31.2 Å². The number of alkyl halides is 3. The van der Waals surface area contributed by atoms with Gasteiger partial charge in [-0.25, -0.2) is 8.42 Å². The first-order valence-electron chi connectivity index (χ1n) is 8.87. The van der Waals surface area contributed by atoms with Gasteiger partial charge in [0.05, 0.1) is 15.6 Å². The van der Waals surface area contributed by atoms with Crippen molar-refractivity contribution in [3.05, 3.63) is 58.6 Å². The molecule has 0 aliphatic heterocycles. The van der Waals surface area contributed by atoms with Crippen LogP contribution < -0.4 is 15.4 Å². The predicted molar refractivity (Wildman–Crippen MR) is 110 cm³/mol. The molecule has 0 heterocycles. The van der Waals surface area contributed by atoms with E-state index in [9.17, 15) is 31.2 Å². The van der Waals surface area contributed by atoms with Crippen molar-refractivity contribution in [1.82, 2.24) is 10.6 Å². The second-order valence-electron chi connectivity index (χ2n) is 6.75. The highest BCUT2D eigenvalue weighted by Gasteiger charge is 2.28. The summed E-state index contributed by atoms with van der Waals surface area (Å²) in [5.41, 5.74) is -0.190. The molecule has 168 valence electrons. The van der Waals surface area contributed by atoms with Crippen molar-refractivity contribution in [1.29, 1.82) is 0 Å². The average Bonchev–Trinajstić information content (AvgIpc) is 2.66. The number of sulfonamides is 1. The Morgan fingerprint density at radius 1 is 1.03 bits per heavy atom. The van der Waals surface area contributed by atoms with Crippen molar-refractivity contribution >= 4 is 39.1 Å². The Labute approximate surface area is 182 Å². The summed E-state index contributed by atoms with van der Waals surface area (Å²) >= 11 is 6.04. The maximum atomic E-state index is 12.7. The summed E-state index contributed by atoms with van der Waals surface area (Å²) in [6.07, 6.45) is -4.61. The number of carbonyl (C=O) groups excluding carboxylic acids is 2. The lowest BCUT2D eigenvalue weighted by atomic mass is 10.2. The summed E-state index contributed by atoms with van der Waals surface area (Å²) in [7, 11) is -4.27. The molecule has 7 nitrogen and oxygen atoms in total. The molecule has 12 heteroatoms. The van der Waals surface area contributed by atoms with Crippen LogP contribution in [0, 0.1) is 0 Å². The van der Waals surface area contributed by atoms with E-state index in [-0.39, 0.29) is 32.8 Å². The smallest absolute Gasteiger partial charge is 0.350 e. The van der Waals surface area contributed by atoms with Gasteiger partial charge >= 0.3 is 6.18 Å². The zero-order chi connectivity index (χ0) is 23.4. The van der Waals surface area contributed by atoms with Crippen molar-refractivity contribution in [2.24, 2.45) is 0 Å². The van der Waals surface area contributed by atoms with E-state index >= 15 is 0 Å². The number of halogens is 4. The summed E-state index contributed by atoms with van der Waals surface area (Å²) < 4.78 is 64.5. The number of carbonyl (C=O) groups is 2. The monoisotopic (exact) mass is 477 g/mol. The second-order valence-corrected chi connectivity index (χ2v) is 8.84. The van der Waals surface area contributed by atoms with Crippen LogP contribution in [0.3, 0.4) is 0 Å². The van der Waals surface area contributed by atoms with Gasteiger partial charge in [-0.05, 0) is 50.2 Å². The van der Waals surface area contributed by atoms with Crippen LogP contribution in [0.2, 0.25) is 5.02 Å². The molecule has 31 heavy (non-hydrogen) atoms. The number of benzene rings is 2. The Hall–Kier alpha value is -2.79. The normalized spacial score (nSPS) is 11.8. The van der Waals surface area contributed by atoms with Crippen LogP contribution in [0.4, 0.5) is 18.9 Å². The lowest BCUT2D eigenvalue weighted by molar-refractivity contribution is -0.123. The van der Waals surface area contributed by atoms with E-state index in [1.54, 1.807) is 19.2 Å². The molecular formula is C19H19ClF3N3O4S. The lowest BCUT2D eigenvalue weighted by Crippen LogP contribution is -2.33. The molecule has 3 N–H and O–H groups in total. The van der Waals surface area contributed by atoms with Crippen LogP contribution in [0.15, 0.2) is 47.4 Å². The fourth-order valence-corrected chi connectivity index (χ4v) is 3.72. The first kappa shape index (κ1) is 24.5. The van der Waals surface area contributed by atoms with Gasteiger partial charge in [0.2, 0.25) is 0 Å². The Balaban J connectivity index is 2.27. The van der Waals surface area contributed by atoms with E-state index in [0.717, 1.165) is 12.1 Å². The third-order valence-corrected chi connectivity index (χ3v) is 5.44. The summed E-state index contributed by atoms with van der Waals surface area (Å²) in [6.45, 7) is 1.96. The zero-order valence-electron chi connectivity index (χ0n) is 16.4.